The van der Waals surface area contributed by atoms with E-state index in [0.29, 0.717) is 17.7 Å². The second kappa shape index (κ2) is 11.9. The summed E-state index contributed by atoms with van der Waals surface area (Å²) in [5.74, 6) is 1.50. The van der Waals surface area contributed by atoms with Crippen molar-refractivity contribution in [2.24, 2.45) is 11.8 Å². The van der Waals surface area contributed by atoms with Crippen LogP contribution in [0.25, 0.3) is 16.2 Å². The largest absolute Gasteiger partial charge is 0.480 e. The molecule has 0 aromatic carbocycles. The van der Waals surface area contributed by atoms with E-state index < -0.39 is 13.9 Å². The number of amides is 1. The summed E-state index contributed by atoms with van der Waals surface area (Å²) in [5.41, 5.74) is 2.14. The minimum absolute atomic E-state index is 0.0437. The van der Waals surface area contributed by atoms with E-state index in [-0.39, 0.29) is 29.2 Å². The van der Waals surface area contributed by atoms with Gasteiger partial charge in [-0.1, -0.05) is 46.0 Å². The van der Waals surface area contributed by atoms with Gasteiger partial charge in [-0.3, -0.25) is 0 Å². The first-order valence-corrected chi connectivity index (χ1v) is 19.5. The lowest BCUT2D eigenvalue weighted by molar-refractivity contribution is 0.0350. The number of methoxy groups -OCH3 is 1. The van der Waals surface area contributed by atoms with Crippen LogP contribution in [0.5, 0.6) is 5.88 Å². The van der Waals surface area contributed by atoms with Gasteiger partial charge in [-0.2, -0.15) is 0 Å². The van der Waals surface area contributed by atoms with Crippen molar-refractivity contribution in [2.45, 2.75) is 110 Å². The molecule has 1 saturated heterocycles. The molecule has 2 aliphatic rings. The SMILES string of the molecule is COc1nc(C(C)C)ccc1-c1cnc2sc(N3C[C@H]4C[C@@H](O[Si](C)(C)C(C)(C)C)C[C@@H](NC(=O)OC(C)(C)C)[C@H]4C3)nn12. The van der Waals surface area contributed by atoms with Gasteiger partial charge < -0.3 is 24.1 Å². The van der Waals surface area contributed by atoms with E-state index in [0.717, 1.165) is 53.0 Å². The Labute approximate surface area is 267 Å². The summed E-state index contributed by atoms with van der Waals surface area (Å²) < 4.78 is 20.2. The Bertz CT molecular complexity index is 1490. The summed E-state index contributed by atoms with van der Waals surface area (Å²) in [7, 11) is -0.340. The molecule has 1 aliphatic carbocycles. The molecule has 1 amide bonds. The molecule has 1 N–H and O–H groups in total. The number of nitrogens with zero attached hydrogens (tertiary/aromatic N) is 5. The Morgan fingerprint density at radius 1 is 1.11 bits per heavy atom. The van der Waals surface area contributed by atoms with Crippen LogP contribution in [-0.4, -0.2) is 71.9 Å². The molecule has 1 saturated carbocycles. The van der Waals surface area contributed by atoms with Crippen molar-refractivity contribution in [2.75, 3.05) is 25.1 Å². The van der Waals surface area contributed by atoms with Gasteiger partial charge in [0.05, 0.1) is 24.6 Å². The molecule has 3 aromatic heterocycles. The predicted octanol–water partition coefficient (Wildman–Crippen LogP) is 7.11. The van der Waals surface area contributed by atoms with E-state index in [9.17, 15) is 4.79 Å². The normalized spacial score (nSPS) is 22.9. The van der Waals surface area contributed by atoms with Gasteiger partial charge in [0, 0.05) is 36.8 Å². The Kier molecular flexibility index (Phi) is 8.84. The van der Waals surface area contributed by atoms with Crippen molar-refractivity contribution in [3.63, 3.8) is 0 Å². The van der Waals surface area contributed by atoms with Gasteiger partial charge in [0.15, 0.2) is 8.32 Å². The first-order chi connectivity index (χ1) is 20.5. The van der Waals surface area contributed by atoms with Crippen LogP contribution >= 0.6 is 11.3 Å². The second-order valence-corrected chi connectivity index (χ2v) is 20.9. The third kappa shape index (κ3) is 6.77. The Balaban J connectivity index is 1.40. The number of aromatic nitrogens is 4. The lowest BCUT2D eigenvalue weighted by atomic mass is 9.76. The highest BCUT2D eigenvalue weighted by Gasteiger charge is 2.48. The molecule has 4 heterocycles. The lowest BCUT2D eigenvalue weighted by Crippen LogP contribution is -2.53. The van der Waals surface area contributed by atoms with Gasteiger partial charge in [-0.15, -0.1) is 5.10 Å². The van der Waals surface area contributed by atoms with Crippen LogP contribution in [-0.2, 0) is 9.16 Å². The summed E-state index contributed by atoms with van der Waals surface area (Å²) in [4.78, 5) is 25.6. The van der Waals surface area contributed by atoms with Crippen molar-refractivity contribution in [1.82, 2.24) is 24.9 Å². The number of rotatable bonds is 7. The van der Waals surface area contributed by atoms with E-state index in [2.05, 4.69) is 57.9 Å². The highest BCUT2D eigenvalue weighted by molar-refractivity contribution is 7.20. The fourth-order valence-corrected chi connectivity index (χ4v) is 8.36. The molecule has 2 fully saturated rings. The first kappa shape index (κ1) is 32.7. The Morgan fingerprint density at radius 2 is 1.84 bits per heavy atom. The minimum atomic E-state index is -1.99. The molecule has 44 heavy (non-hydrogen) atoms. The first-order valence-electron chi connectivity index (χ1n) is 15.8. The minimum Gasteiger partial charge on any atom is -0.480 e. The van der Waals surface area contributed by atoms with E-state index >= 15 is 0 Å². The van der Waals surface area contributed by atoms with Crippen LogP contribution in [0.4, 0.5) is 9.93 Å². The fraction of sp³-hybridized carbons (Fsp3) is 0.688. The van der Waals surface area contributed by atoms with E-state index in [1.807, 2.05) is 43.6 Å². The highest BCUT2D eigenvalue weighted by atomic mass is 32.1. The van der Waals surface area contributed by atoms with Gasteiger partial charge in [0.25, 0.3) is 0 Å². The lowest BCUT2D eigenvalue weighted by Gasteiger charge is -2.44. The molecular formula is C32H50N6O4SSi. The van der Waals surface area contributed by atoms with Gasteiger partial charge in [-0.05, 0) is 75.7 Å². The molecule has 242 valence electrons. The standard InChI is InChI=1S/C32H50N6O4SSi/c1-19(2)24-13-12-22(27(34-24)40-9)26-16-33-28-38(26)36-29(43-28)37-17-20-14-21(42-44(10,11)32(6,7)8)15-25(23(20)18-37)35-30(39)41-31(3,4)5/h12-13,16,19-21,23,25H,14-15,17-18H2,1-11H3,(H,35,39)/t20-,21-,23+,25-/m1/s1. The highest BCUT2D eigenvalue weighted by Crippen LogP contribution is 2.44. The van der Waals surface area contributed by atoms with Crippen LogP contribution in [0.1, 0.15) is 79.8 Å². The number of pyridine rings is 1. The second-order valence-electron chi connectivity index (χ2n) is 15.2. The monoisotopic (exact) mass is 642 g/mol. The van der Waals surface area contributed by atoms with Gasteiger partial charge in [-0.25, -0.2) is 19.3 Å². The number of imidazole rings is 1. The molecule has 4 atom stereocenters. The number of hydrogen-bond acceptors (Lipinski definition) is 9. The number of nitrogens with one attached hydrogen (secondary N) is 1. The van der Waals surface area contributed by atoms with Crippen molar-refractivity contribution in [3.8, 4) is 17.1 Å². The molecule has 10 nitrogen and oxygen atoms in total. The number of carbonyl (C=O) groups is 1. The average molecular weight is 643 g/mol. The Morgan fingerprint density at radius 3 is 2.48 bits per heavy atom. The zero-order chi connectivity index (χ0) is 32.2. The van der Waals surface area contributed by atoms with Crippen molar-refractivity contribution < 1.29 is 18.7 Å². The topological polar surface area (TPSA) is 103 Å². The number of anilines is 1. The molecule has 3 aromatic rings. The summed E-state index contributed by atoms with van der Waals surface area (Å²) in [6, 6.07) is 4.04. The quantitative estimate of drug-likeness (QED) is 0.272. The van der Waals surface area contributed by atoms with Crippen LogP contribution in [0.15, 0.2) is 18.3 Å². The number of alkyl carbamates (subject to hydrolysis) is 1. The number of fused-ring (bicyclic) bond motifs is 2. The molecule has 0 unspecified atom stereocenters. The summed E-state index contributed by atoms with van der Waals surface area (Å²) in [6.45, 7) is 23.0. The summed E-state index contributed by atoms with van der Waals surface area (Å²) >= 11 is 1.58. The molecule has 12 heteroatoms. The van der Waals surface area contributed by atoms with E-state index in [4.69, 9.17) is 29.0 Å². The van der Waals surface area contributed by atoms with Gasteiger partial charge >= 0.3 is 6.09 Å². The number of carbonyl (C=O) groups excluding carboxylic acids is 1. The zero-order valence-corrected chi connectivity index (χ0v) is 30.0. The van der Waals surface area contributed by atoms with E-state index in [1.54, 1.807) is 18.4 Å². The smallest absolute Gasteiger partial charge is 0.407 e. The molecule has 5 rings (SSSR count). The maximum absolute atomic E-state index is 13.0. The van der Waals surface area contributed by atoms with Crippen LogP contribution in [0.3, 0.4) is 0 Å². The number of ether oxygens (including phenoxy) is 2. The Hall–Kier alpha value is -2.70. The summed E-state index contributed by atoms with van der Waals surface area (Å²) in [5, 5.41) is 9.32. The third-order valence-electron chi connectivity index (χ3n) is 9.35. The van der Waals surface area contributed by atoms with E-state index in [1.165, 1.54) is 0 Å². The molecule has 0 bridgehead atoms. The van der Waals surface area contributed by atoms with Crippen molar-refractivity contribution in [1.29, 1.82) is 0 Å². The zero-order valence-electron chi connectivity index (χ0n) is 28.2. The van der Waals surface area contributed by atoms with Crippen molar-refractivity contribution in [3.05, 3.63) is 24.0 Å². The average Bonchev–Trinajstić information content (AvgIpc) is 3.60. The maximum Gasteiger partial charge on any atom is 0.407 e. The predicted molar refractivity (Wildman–Crippen MR) is 178 cm³/mol. The maximum atomic E-state index is 13.0. The third-order valence-corrected chi connectivity index (χ3v) is 14.9. The molecular weight excluding hydrogens is 593 g/mol. The van der Waals surface area contributed by atoms with Crippen molar-refractivity contribution >= 4 is 35.8 Å². The molecule has 0 radical (unpaired) electrons. The number of hydrogen-bond donors (Lipinski definition) is 1. The fourth-order valence-electron chi connectivity index (χ4n) is 6.09. The molecule has 0 spiro atoms. The van der Waals surface area contributed by atoms with Gasteiger partial charge in [0.1, 0.15) is 5.60 Å². The van der Waals surface area contributed by atoms with Crippen LogP contribution < -0.4 is 15.0 Å². The summed E-state index contributed by atoms with van der Waals surface area (Å²) in [6.07, 6.45) is 3.32. The van der Waals surface area contributed by atoms with Crippen LogP contribution in [0, 0.1) is 11.8 Å². The van der Waals surface area contributed by atoms with Gasteiger partial charge in [0.2, 0.25) is 16.0 Å². The molecule has 1 aliphatic heterocycles. The van der Waals surface area contributed by atoms with Crippen LogP contribution in [0.2, 0.25) is 18.1 Å².